The number of carbonyl (C=O) groups is 4. The van der Waals surface area contributed by atoms with Crippen molar-refractivity contribution in [2.75, 3.05) is 23.4 Å². The molecule has 1 aliphatic rings. The van der Waals surface area contributed by atoms with Crippen molar-refractivity contribution >= 4 is 91.9 Å². The van der Waals surface area contributed by atoms with Gasteiger partial charge in [-0.3, -0.25) is 19.7 Å². The van der Waals surface area contributed by atoms with E-state index in [0.29, 0.717) is 31.3 Å². The minimum atomic E-state index is -0.887. The van der Waals surface area contributed by atoms with Gasteiger partial charge in [-0.05, 0) is 89.4 Å². The van der Waals surface area contributed by atoms with Crippen LogP contribution in [0.2, 0.25) is 15.1 Å². The molecule has 5 amide bonds. The van der Waals surface area contributed by atoms with Crippen LogP contribution < -0.4 is 25.0 Å². The zero-order valence-electron chi connectivity index (χ0n) is 21.5. The number of halogens is 4. The summed E-state index contributed by atoms with van der Waals surface area (Å²) < 4.78 is 11.8. The fourth-order valence-corrected chi connectivity index (χ4v) is 4.89. The Morgan fingerprint density at radius 3 is 2.49 bits per heavy atom. The number of hydrogen-bond donors (Lipinski definition) is 2. The molecule has 0 saturated carbocycles. The van der Waals surface area contributed by atoms with E-state index in [0.717, 1.165) is 4.90 Å². The van der Waals surface area contributed by atoms with Crippen molar-refractivity contribution < 1.29 is 28.7 Å². The Balaban J connectivity index is 1.59. The molecule has 0 radical (unpaired) electrons. The number of rotatable bonds is 8. The lowest BCUT2D eigenvalue weighted by molar-refractivity contribution is -0.122. The van der Waals surface area contributed by atoms with E-state index in [1.165, 1.54) is 18.2 Å². The normalized spacial score (nSPS) is 14.2. The fourth-order valence-electron chi connectivity index (χ4n) is 3.85. The van der Waals surface area contributed by atoms with Crippen LogP contribution >= 0.6 is 50.7 Å². The highest BCUT2D eigenvalue weighted by molar-refractivity contribution is 9.10. The number of imide groups is 2. The monoisotopic (exact) mass is 679 g/mol. The van der Waals surface area contributed by atoms with E-state index in [9.17, 15) is 19.2 Å². The number of ether oxygens (including phenoxy) is 2. The highest BCUT2D eigenvalue weighted by atomic mass is 79.9. The van der Waals surface area contributed by atoms with Crippen molar-refractivity contribution in [2.24, 2.45) is 0 Å². The molecule has 41 heavy (non-hydrogen) atoms. The quantitative estimate of drug-likeness (QED) is 0.200. The Hall–Kier alpha value is -3.57. The number of hydrogen-bond acceptors (Lipinski definition) is 6. The molecule has 2 N–H and O–H groups in total. The van der Waals surface area contributed by atoms with Gasteiger partial charge in [0.1, 0.15) is 5.57 Å². The molecule has 0 spiro atoms. The molecule has 3 aromatic carbocycles. The molecule has 1 fully saturated rings. The lowest BCUT2D eigenvalue weighted by Gasteiger charge is -2.27. The van der Waals surface area contributed by atoms with Crippen LogP contribution in [0, 0.1) is 6.92 Å². The number of anilines is 2. The van der Waals surface area contributed by atoms with E-state index in [-0.39, 0.29) is 41.0 Å². The predicted octanol–water partition coefficient (Wildman–Crippen LogP) is 6.80. The Bertz CT molecular complexity index is 1610. The molecule has 0 atom stereocenters. The molecule has 1 aliphatic heterocycles. The van der Waals surface area contributed by atoms with E-state index < -0.39 is 23.8 Å². The summed E-state index contributed by atoms with van der Waals surface area (Å²) in [5.41, 5.74) is 1.40. The lowest BCUT2D eigenvalue weighted by Crippen LogP contribution is -2.54. The van der Waals surface area contributed by atoms with E-state index >= 15 is 0 Å². The van der Waals surface area contributed by atoms with Crippen LogP contribution in [-0.4, -0.2) is 37.0 Å². The van der Waals surface area contributed by atoms with Gasteiger partial charge in [0, 0.05) is 10.7 Å². The zero-order valence-corrected chi connectivity index (χ0v) is 25.4. The Kier molecular flexibility index (Phi) is 9.60. The summed E-state index contributed by atoms with van der Waals surface area (Å²) in [7, 11) is 0. The van der Waals surface area contributed by atoms with Crippen LogP contribution in [0.25, 0.3) is 6.08 Å². The Labute approximate surface area is 258 Å². The van der Waals surface area contributed by atoms with Crippen LogP contribution in [0.5, 0.6) is 11.5 Å². The number of benzene rings is 3. The molecule has 13 heteroatoms. The number of amides is 5. The van der Waals surface area contributed by atoms with E-state index in [1.807, 2.05) is 0 Å². The third-order valence-electron chi connectivity index (χ3n) is 5.71. The lowest BCUT2D eigenvalue weighted by atomic mass is 10.1. The van der Waals surface area contributed by atoms with Crippen molar-refractivity contribution in [1.82, 2.24) is 5.32 Å². The average Bonchev–Trinajstić information content (AvgIpc) is 2.90. The van der Waals surface area contributed by atoms with Gasteiger partial charge < -0.3 is 14.8 Å². The van der Waals surface area contributed by atoms with Gasteiger partial charge in [-0.1, -0.05) is 40.9 Å². The third-order valence-corrected chi connectivity index (χ3v) is 7.27. The molecule has 9 nitrogen and oxygen atoms in total. The number of nitrogens with zero attached hydrogens (tertiary/aromatic N) is 1. The SMILES string of the molecule is CCOc1cc(/C=C2\C(=O)NC(=O)N(c3cc(Cl)ccc3C)C2=O)cc(Br)c1OCC(=O)Nc1ccc(Cl)c(Cl)c1. The molecular weight excluding hydrogens is 661 g/mol. The van der Waals surface area contributed by atoms with Gasteiger partial charge in [0.25, 0.3) is 17.7 Å². The van der Waals surface area contributed by atoms with Crippen LogP contribution in [0.3, 0.4) is 0 Å². The van der Waals surface area contributed by atoms with Crippen LogP contribution in [0.4, 0.5) is 16.2 Å². The summed E-state index contributed by atoms with van der Waals surface area (Å²) in [4.78, 5) is 52.0. The van der Waals surface area contributed by atoms with Gasteiger partial charge >= 0.3 is 6.03 Å². The molecule has 0 unspecified atom stereocenters. The molecule has 0 aliphatic carbocycles. The van der Waals surface area contributed by atoms with Crippen molar-refractivity contribution in [3.63, 3.8) is 0 Å². The Morgan fingerprint density at radius 2 is 1.78 bits per heavy atom. The van der Waals surface area contributed by atoms with Crippen molar-refractivity contribution in [3.8, 4) is 11.5 Å². The topological polar surface area (TPSA) is 114 Å². The van der Waals surface area contributed by atoms with Gasteiger partial charge in [0.15, 0.2) is 18.1 Å². The largest absolute Gasteiger partial charge is 0.490 e. The Morgan fingerprint density at radius 1 is 1.02 bits per heavy atom. The van der Waals surface area contributed by atoms with E-state index in [2.05, 4.69) is 26.6 Å². The maximum atomic E-state index is 13.3. The second-order valence-electron chi connectivity index (χ2n) is 8.62. The number of nitrogens with one attached hydrogen (secondary N) is 2. The van der Waals surface area contributed by atoms with Crippen molar-refractivity contribution in [1.29, 1.82) is 0 Å². The molecule has 1 saturated heterocycles. The van der Waals surface area contributed by atoms with E-state index in [1.54, 1.807) is 50.2 Å². The van der Waals surface area contributed by atoms with Crippen molar-refractivity contribution in [3.05, 3.63) is 84.8 Å². The van der Waals surface area contributed by atoms with Crippen molar-refractivity contribution in [2.45, 2.75) is 13.8 Å². The maximum Gasteiger partial charge on any atom is 0.335 e. The summed E-state index contributed by atoms with van der Waals surface area (Å²) in [6, 6.07) is 11.6. The number of carbonyl (C=O) groups excluding carboxylic acids is 4. The first-order valence-electron chi connectivity index (χ1n) is 12.0. The highest BCUT2D eigenvalue weighted by Gasteiger charge is 2.37. The summed E-state index contributed by atoms with van der Waals surface area (Å²) in [5, 5.41) is 5.81. The smallest absolute Gasteiger partial charge is 0.335 e. The van der Waals surface area contributed by atoms with Gasteiger partial charge in [0.2, 0.25) is 0 Å². The first kappa shape index (κ1) is 30.4. The number of barbiturate groups is 1. The molecule has 3 aromatic rings. The molecule has 4 rings (SSSR count). The van der Waals surface area contributed by atoms with E-state index in [4.69, 9.17) is 44.3 Å². The fraction of sp³-hybridized carbons (Fsp3) is 0.143. The minimum absolute atomic E-state index is 0.226. The summed E-state index contributed by atoms with van der Waals surface area (Å²) in [6.07, 6.45) is 1.32. The van der Waals surface area contributed by atoms with Gasteiger partial charge in [-0.2, -0.15) is 0 Å². The zero-order chi connectivity index (χ0) is 29.8. The number of aryl methyl sites for hydroxylation is 1. The average molecular weight is 682 g/mol. The van der Waals surface area contributed by atoms with Crippen LogP contribution in [0.1, 0.15) is 18.1 Å². The standard InChI is InChI=1S/C28H21BrCl3N3O6/c1-3-40-23-10-15(9-19(29)25(23)41-13-24(36)33-17-6-7-20(31)21(32)12-17)8-18-26(37)34-28(39)35(27(18)38)22-11-16(30)5-4-14(22)2/h4-12H,3,13H2,1-2H3,(H,33,36)(H,34,37,39)/b18-8+. The third kappa shape index (κ3) is 7.02. The molecule has 212 valence electrons. The summed E-state index contributed by atoms with van der Waals surface area (Å²) >= 11 is 21.4. The maximum absolute atomic E-state index is 13.3. The number of urea groups is 1. The highest BCUT2D eigenvalue weighted by Crippen LogP contribution is 2.38. The minimum Gasteiger partial charge on any atom is -0.490 e. The predicted molar refractivity (Wildman–Crippen MR) is 161 cm³/mol. The van der Waals surface area contributed by atoms with Gasteiger partial charge in [0.05, 0.1) is 26.8 Å². The molecule has 1 heterocycles. The first-order valence-corrected chi connectivity index (χ1v) is 13.9. The molecule has 0 bridgehead atoms. The van der Waals surface area contributed by atoms with Crippen LogP contribution in [-0.2, 0) is 14.4 Å². The summed E-state index contributed by atoms with van der Waals surface area (Å²) in [6.45, 7) is 3.36. The second kappa shape index (κ2) is 12.9. The molecular formula is C28H21BrCl3N3O6. The van der Waals surface area contributed by atoms with Gasteiger partial charge in [-0.25, -0.2) is 9.69 Å². The summed E-state index contributed by atoms with van der Waals surface area (Å²) in [5.74, 6) is -1.67. The van der Waals surface area contributed by atoms with Gasteiger partial charge in [-0.15, -0.1) is 0 Å². The second-order valence-corrected chi connectivity index (χ2v) is 10.7. The first-order chi connectivity index (χ1) is 19.5. The van der Waals surface area contributed by atoms with Crippen LogP contribution in [0.15, 0.2) is 58.6 Å². The molecule has 0 aromatic heterocycles.